The van der Waals surface area contributed by atoms with Gasteiger partial charge in [-0.25, -0.2) is 4.98 Å². The molecule has 2 N–H and O–H groups in total. The summed E-state index contributed by atoms with van der Waals surface area (Å²) in [6, 6.07) is 27.3. The minimum atomic E-state index is 0.760. The van der Waals surface area contributed by atoms with Crippen LogP contribution in [0.25, 0.3) is 11.1 Å². The van der Waals surface area contributed by atoms with Crippen molar-refractivity contribution in [1.29, 1.82) is 0 Å². The number of rotatable bonds is 8. The predicted molar refractivity (Wildman–Crippen MR) is 114 cm³/mol. The lowest BCUT2D eigenvalue weighted by molar-refractivity contribution is 0.636. The highest BCUT2D eigenvalue weighted by Crippen LogP contribution is 2.30. The summed E-state index contributed by atoms with van der Waals surface area (Å²) in [7, 11) is 0. The van der Waals surface area contributed by atoms with Gasteiger partial charge in [0.2, 0.25) is 0 Å². The van der Waals surface area contributed by atoms with Gasteiger partial charge in [0, 0.05) is 30.0 Å². The van der Waals surface area contributed by atoms with Gasteiger partial charge in [0.25, 0.3) is 0 Å². The normalized spacial score (nSPS) is 10.6. The van der Waals surface area contributed by atoms with Crippen LogP contribution >= 0.6 is 0 Å². The topological polar surface area (TPSA) is 54.8 Å². The van der Waals surface area contributed by atoms with Gasteiger partial charge in [0.05, 0.1) is 6.54 Å². The van der Waals surface area contributed by atoms with Crippen LogP contribution in [0.1, 0.15) is 5.56 Å². The van der Waals surface area contributed by atoms with Gasteiger partial charge in [-0.05, 0) is 23.3 Å². The molecule has 0 bridgehead atoms. The molecule has 0 spiro atoms. The van der Waals surface area contributed by atoms with E-state index in [0.717, 1.165) is 31.0 Å². The van der Waals surface area contributed by atoms with Crippen LogP contribution in [0.4, 0.5) is 11.4 Å². The molecule has 0 radical (unpaired) electrons. The van der Waals surface area contributed by atoms with Crippen molar-refractivity contribution in [1.82, 2.24) is 14.8 Å². The minimum absolute atomic E-state index is 0.760. The van der Waals surface area contributed by atoms with E-state index in [1.54, 1.807) is 12.7 Å². The number of anilines is 2. The summed E-state index contributed by atoms with van der Waals surface area (Å²) in [6.07, 6.45) is 3.29. The molecule has 5 heteroatoms. The van der Waals surface area contributed by atoms with Gasteiger partial charge in [-0.15, -0.1) is 0 Å². The summed E-state index contributed by atoms with van der Waals surface area (Å²) < 4.78 is 1.83. The summed E-state index contributed by atoms with van der Waals surface area (Å²) in [5.41, 5.74) is 5.83. The van der Waals surface area contributed by atoms with Crippen molar-refractivity contribution in [2.45, 2.75) is 13.1 Å². The molecule has 0 amide bonds. The Morgan fingerprint density at radius 1 is 0.821 bits per heavy atom. The van der Waals surface area contributed by atoms with Crippen molar-refractivity contribution < 1.29 is 0 Å². The maximum absolute atomic E-state index is 4.16. The standard InChI is InChI=1S/C23H23N5/c1-3-7-19(8-4-1)16-26-21-11-12-22(20-9-5-2-6-10-20)23(15-21)25-13-14-28-18-24-17-27-28/h1-12,15,17-18,25-26H,13-14,16H2. The number of hydrogen-bond donors (Lipinski definition) is 2. The van der Waals surface area contributed by atoms with Crippen molar-refractivity contribution in [2.75, 3.05) is 17.2 Å². The Hall–Kier alpha value is -3.60. The Balaban J connectivity index is 1.52. The van der Waals surface area contributed by atoms with Gasteiger partial charge >= 0.3 is 0 Å². The van der Waals surface area contributed by atoms with Crippen molar-refractivity contribution >= 4 is 11.4 Å². The quantitative estimate of drug-likeness (QED) is 0.474. The molecule has 0 atom stereocenters. The third-order valence-corrected chi connectivity index (χ3v) is 4.57. The van der Waals surface area contributed by atoms with Gasteiger partial charge in [0.15, 0.2) is 0 Å². The second-order valence-corrected chi connectivity index (χ2v) is 6.55. The Labute approximate surface area is 165 Å². The number of aromatic nitrogens is 3. The lowest BCUT2D eigenvalue weighted by Crippen LogP contribution is -2.11. The van der Waals surface area contributed by atoms with Crippen LogP contribution in [-0.2, 0) is 13.1 Å². The number of nitrogens with one attached hydrogen (secondary N) is 2. The molecule has 5 nitrogen and oxygen atoms in total. The fraction of sp³-hybridized carbons (Fsp3) is 0.130. The second kappa shape index (κ2) is 8.86. The Bertz CT molecular complexity index is 982. The molecule has 3 aromatic carbocycles. The number of hydrogen-bond acceptors (Lipinski definition) is 4. The summed E-state index contributed by atoms with van der Waals surface area (Å²) in [4.78, 5) is 3.99. The molecule has 0 unspecified atom stereocenters. The predicted octanol–water partition coefficient (Wildman–Crippen LogP) is 4.67. The van der Waals surface area contributed by atoms with E-state index in [4.69, 9.17) is 0 Å². The van der Waals surface area contributed by atoms with Crippen LogP contribution in [0.5, 0.6) is 0 Å². The largest absolute Gasteiger partial charge is 0.383 e. The van der Waals surface area contributed by atoms with E-state index >= 15 is 0 Å². The fourth-order valence-corrected chi connectivity index (χ4v) is 3.12. The van der Waals surface area contributed by atoms with Gasteiger partial charge in [-0.1, -0.05) is 66.7 Å². The first-order valence-electron chi connectivity index (χ1n) is 9.42. The van der Waals surface area contributed by atoms with Crippen LogP contribution in [0.3, 0.4) is 0 Å². The molecule has 0 fully saturated rings. The zero-order chi connectivity index (χ0) is 19.0. The van der Waals surface area contributed by atoms with E-state index < -0.39 is 0 Å². The van der Waals surface area contributed by atoms with Crippen molar-refractivity contribution in [2.24, 2.45) is 0 Å². The Morgan fingerprint density at radius 2 is 1.61 bits per heavy atom. The molecule has 1 heterocycles. The summed E-state index contributed by atoms with van der Waals surface area (Å²) in [5.74, 6) is 0. The van der Waals surface area contributed by atoms with Crippen LogP contribution in [0, 0.1) is 0 Å². The molecule has 0 aliphatic heterocycles. The Morgan fingerprint density at radius 3 is 2.36 bits per heavy atom. The zero-order valence-corrected chi connectivity index (χ0v) is 15.6. The van der Waals surface area contributed by atoms with Crippen LogP contribution in [-0.4, -0.2) is 21.3 Å². The summed E-state index contributed by atoms with van der Waals surface area (Å²) in [6.45, 7) is 2.32. The van der Waals surface area contributed by atoms with E-state index in [1.165, 1.54) is 16.7 Å². The second-order valence-electron chi connectivity index (χ2n) is 6.55. The SMILES string of the molecule is c1ccc(CNc2ccc(-c3ccccc3)c(NCCn3cncn3)c2)cc1. The smallest absolute Gasteiger partial charge is 0.137 e. The van der Waals surface area contributed by atoms with E-state index in [2.05, 4.69) is 87.4 Å². The van der Waals surface area contributed by atoms with E-state index in [1.807, 2.05) is 16.8 Å². The van der Waals surface area contributed by atoms with Gasteiger partial charge < -0.3 is 10.6 Å². The first-order chi connectivity index (χ1) is 13.9. The molecule has 1 aromatic heterocycles. The molecule has 0 aliphatic carbocycles. The van der Waals surface area contributed by atoms with Crippen LogP contribution < -0.4 is 10.6 Å². The van der Waals surface area contributed by atoms with Gasteiger partial charge in [-0.3, -0.25) is 4.68 Å². The highest BCUT2D eigenvalue weighted by atomic mass is 15.3. The molecule has 0 saturated carbocycles. The number of nitrogens with zero attached hydrogens (tertiary/aromatic N) is 3. The van der Waals surface area contributed by atoms with E-state index in [9.17, 15) is 0 Å². The lowest BCUT2D eigenvalue weighted by atomic mass is 10.0. The summed E-state index contributed by atoms with van der Waals surface area (Å²) >= 11 is 0. The zero-order valence-electron chi connectivity index (χ0n) is 15.6. The molecule has 4 rings (SSSR count). The highest BCUT2D eigenvalue weighted by molar-refractivity contribution is 5.80. The van der Waals surface area contributed by atoms with Crippen LogP contribution in [0.15, 0.2) is 91.5 Å². The lowest BCUT2D eigenvalue weighted by Gasteiger charge is -2.15. The molecule has 140 valence electrons. The molecule has 4 aromatic rings. The first-order valence-corrected chi connectivity index (χ1v) is 9.42. The first kappa shape index (κ1) is 17.8. The highest BCUT2D eigenvalue weighted by Gasteiger charge is 2.07. The maximum atomic E-state index is 4.16. The van der Waals surface area contributed by atoms with Crippen molar-refractivity contribution in [3.8, 4) is 11.1 Å². The fourth-order valence-electron chi connectivity index (χ4n) is 3.12. The minimum Gasteiger partial charge on any atom is -0.383 e. The van der Waals surface area contributed by atoms with Gasteiger partial charge in [-0.2, -0.15) is 5.10 Å². The number of benzene rings is 3. The van der Waals surface area contributed by atoms with E-state index in [0.29, 0.717) is 0 Å². The van der Waals surface area contributed by atoms with E-state index in [-0.39, 0.29) is 0 Å². The molecular formula is C23H23N5. The molecular weight excluding hydrogens is 346 g/mol. The molecule has 0 aliphatic rings. The molecule has 0 saturated heterocycles. The third kappa shape index (κ3) is 4.57. The average molecular weight is 369 g/mol. The summed E-state index contributed by atoms with van der Waals surface area (Å²) in [5, 5.41) is 11.2. The molecule has 28 heavy (non-hydrogen) atoms. The van der Waals surface area contributed by atoms with Crippen LogP contribution in [0.2, 0.25) is 0 Å². The van der Waals surface area contributed by atoms with Crippen molar-refractivity contribution in [3.05, 3.63) is 97.1 Å². The average Bonchev–Trinajstić information content (AvgIpc) is 3.27. The monoisotopic (exact) mass is 369 g/mol. The third-order valence-electron chi connectivity index (χ3n) is 4.57. The van der Waals surface area contributed by atoms with Crippen molar-refractivity contribution in [3.63, 3.8) is 0 Å². The Kier molecular flexibility index (Phi) is 5.63. The van der Waals surface area contributed by atoms with Gasteiger partial charge in [0.1, 0.15) is 12.7 Å². The maximum Gasteiger partial charge on any atom is 0.137 e.